The minimum absolute atomic E-state index is 0.153. The van der Waals surface area contributed by atoms with Crippen molar-refractivity contribution >= 4 is 28.7 Å². The number of anilines is 3. The Morgan fingerprint density at radius 1 is 1.22 bits per heavy atom. The number of carbonyl (C=O) groups is 1. The highest BCUT2D eigenvalue weighted by molar-refractivity contribution is 5.95. The van der Waals surface area contributed by atoms with Gasteiger partial charge in [0.1, 0.15) is 0 Å². The molecule has 0 saturated heterocycles. The van der Waals surface area contributed by atoms with Crippen molar-refractivity contribution in [3.63, 3.8) is 0 Å². The van der Waals surface area contributed by atoms with Crippen LogP contribution in [-0.2, 0) is 6.42 Å². The number of nitro groups is 1. The summed E-state index contributed by atoms with van der Waals surface area (Å²) in [6.07, 6.45) is 0.535. The van der Waals surface area contributed by atoms with Gasteiger partial charge in [-0.1, -0.05) is 0 Å². The third kappa shape index (κ3) is 3.88. The number of hydrogen-bond donors (Lipinski definition) is 4. The SMILES string of the molecule is Nc1ccc(N)c(CCNc2ccc([N+](=O)[O-])cc2C(=O)O)c1. The second-order valence-electron chi connectivity index (χ2n) is 4.93. The molecule has 120 valence electrons. The number of nitrogens with zero attached hydrogens (tertiary/aromatic N) is 1. The maximum Gasteiger partial charge on any atom is 0.338 e. The molecule has 0 radical (unpaired) electrons. The van der Waals surface area contributed by atoms with Crippen molar-refractivity contribution in [3.8, 4) is 0 Å². The smallest absolute Gasteiger partial charge is 0.338 e. The monoisotopic (exact) mass is 316 g/mol. The van der Waals surface area contributed by atoms with Crippen LogP contribution >= 0.6 is 0 Å². The summed E-state index contributed by atoms with van der Waals surface area (Å²) in [6, 6.07) is 8.82. The molecule has 0 atom stereocenters. The van der Waals surface area contributed by atoms with E-state index in [1.54, 1.807) is 18.2 Å². The van der Waals surface area contributed by atoms with Crippen molar-refractivity contribution in [2.75, 3.05) is 23.3 Å². The molecule has 6 N–H and O–H groups in total. The largest absolute Gasteiger partial charge is 0.478 e. The number of carboxylic acids is 1. The fourth-order valence-electron chi connectivity index (χ4n) is 2.15. The summed E-state index contributed by atoms with van der Waals surface area (Å²) in [7, 11) is 0. The molecule has 0 heterocycles. The first-order valence-corrected chi connectivity index (χ1v) is 6.78. The third-order valence-corrected chi connectivity index (χ3v) is 3.32. The van der Waals surface area contributed by atoms with Crippen LogP contribution in [0.15, 0.2) is 36.4 Å². The number of nitrogen functional groups attached to an aromatic ring is 2. The van der Waals surface area contributed by atoms with Crippen LogP contribution in [-0.4, -0.2) is 22.5 Å². The number of nitrogens with one attached hydrogen (secondary N) is 1. The van der Waals surface area contributed by atoms with E-state index in [1.165, 1.54) is 12.1 Å². The summed E-state index contributed by atoms with van der Waals surface area (Å²) in [5, 5.41) is 22.8. The van der Waals surface area contributed by atoms with E-state index in [1.807, 2.05) is 0 Å². The molecule has 0 fully saturated rings. The number of non-ortho nitro benzene ring substituents is 1. The molecule has 23 heavy (non-hydrogen) atoms. The molecule has 0 aliphatic carbocycles. The highest BCUT2D eigenvalue weighted by Gasteiger charge is 2.15. The van der Waals surface area contributed by atoms with Gasteiger partial charge in [0.15, 0.2) is 0 Å². The zero-order valence-electron chi connectivity index (χ0n) is 12.2. The molecular formula is C15H16N4O4. The lowest BCUT2D eigenvalue weighted by atomic mass is 10.1. The Kier molecular flexibility index (Phi) is 4.65. The van der Waals surface area contributed by atoms with Crippen LogP contribution in [0.25, 0.3) is 0 Å². The molecule has 0 aliphatic heterocycles. The number of nitrogens with two attached hydrogens (primary N) is 2. The Hall–Kier alpha value is -3.29. The molecule has 0 unspecified atom stereocenters. The van der Waals surface area contributed by atoms with Crippen LogP contribution < -0.4 is 16.8 Å². The highest BCUT2D eigenvalue weighted by Crippen LogP contribution is 2.23. The van der Waals surface area contributed by atoms with E-state index in [0.29, 0.717) is 30.0 Å². The summed E-state index contributed by atoms with van der Waals surface area (Å²) >= 11 is 0. The first-order valence-electron chi connectivity index (χ1n) is 6.78. The average molecular weight is 316 g/mol. The molecule has 0 spiro atoms. The summed E-state index contributed by atoms with van der Waals surface area (Å²) in [6.45, 7) is 0.408. The fourth-order valence-corrected chi connectivity index (χ4v) is 2.15. The van der Waals surface area contributed by atoms with E-state index < -0.39 is 10.9 Å². The number of aromatic carboxylic acids is 1. The summed E-state index contributed by atoms with van der Waals surface area (Å²) in [5.41, 5.74) is 13.5. The minimum Gasteiger partial charge on any atom is -0.478 e. The predicted octanol–water partition coefficient (Wildman–Crippen LogP) is 2.11. The lowest BCUT2D eigenvalue weighted by Gasteiger charge is -2.11. The second kappa shape index (κ2) is 6.65. The topological polar surface area (TPSA) is 145 Å². The standard InChI is InChI=1S/C15H16N4O4/c16-10-1-3-13(17)9(7-10)5-6-18-14-4-2-11(19(22)23)8-12(14)15(20)21/h1-4,7-8,18H,5-6,16-17H2,(H,20,21). The van der Waals surface area contributed by atoms with Crippen molar-refractivity contribution < 1.29 is 14.8 Å². The maximum absolute atomic E-state index is 11.2. The summed E-state index contributed by atoms with van der Waals surface area (Å²) < 4.78 is 0. The van der Waals surface area contributed by atoms with Gasteiger partial charge in [0.2, 0.25) is 0 Å². The van der Waals surface area contributed by atoms with Gasteiger partial charge >= 0.3 is 5.97 Å². The van der Waals surface area contributed by atoms with Gasteiger partial charge in [0.25, 0.3) is 5.69 Å². The second-order valence-corrected chi connectivity index (χ2v) is 4.93. The van der Waals surface area contributed by atoms with Gasteiger partial charge in [-0.25, -0.2) is 4.79 Å². The molecule has 2 aromatic carbocycles. The van der Waals surface area contributed by atoms with Crippen LogP contribution in [0.5, 0.6) is 0 Å². The quantitative estimate of drug-likeness (QED) is 0.363. The number of carboxylic acid groups (broad SMARTS) is 1. The number of nitro benzene ring substituents is 1. The van der Waals surface area contributed by atoms with Gasteiger partial charge in [0, 0.05) is 35.7 Å². The van der Waals surface area contributed by atoms with E-state index in [4.69, 9.17) is 16.6 Å². The molecule has 8 nitrogen and oxygen atoms in total. The van der Waals surface area contributed by atoms with E-state index in [2.05, 4.69) is 5.32 Å². The van der Waals surface area contributed by atoms with E-state index >= 15 is 0 Å². The lowest BCUT2D eigenvalue weighted by Crippen LogP contribution is -2.11. The molecule has 2 aromatic rings. The van der Waals surface area contributed by atoms with Crippen molar-refractivity contribution in [2.24, 2.45) is 0 Å². The predicted molar refractivity (Wildman–Crippen MR) is 87.5 cm³/mol. The lowest BCUT2D eigenvalue weighted by molar-refractivity contribution is -0.384. The first kappa shape index (κ1) is 16.1. The van der Waals surface area contributed by atoms with Crippen LogP contribution in [0.1, 0.15) is 15.9 Å². The average Bonchev–Trinajstić information content (AvgIpc) is 2.50. The molecule has 2 rings (SSSR count). The van der Waals surface area contributed by atoms with E-state index in [9.17, 15) is 14.9 Å². The minimum atomic E-state index is -1.24. The van der Waals surface area contributed by atoms with Gasteiger partial charge < -0.3 is 21.9 Å². The zero-order chi connectivity index (χ0) is 17.0. The van der Waals surface area contributed by atoms with Gasteiger partial charge in [-0.05, 0) is 36.2 Å². The van der Waals surface area contributed by atoms with Gasteiger partial charge in [-0.3, -0.25) is 10.1 Å². The fraction of sp³-hybridized carbons (Fsp3) is 0.133. The third-order valence-electron chi connectivity index (χ3n) is 3.32. The van der Waals surface area contributed by atoms with Crippen molar-refractivity contribution in [2.45, 2.75) is 6.42 Å². The molecule has 0 saturated carbocycles. The number of hydrogen-bond acceptors (Lipinski definition) is 6. The van der Waals surface area contributed by atoms with E-state index in [-0.39, 0.29) is 11.3 Å². The Morgan fingerprint density at radius 3 is 2.61 bits per heavy atom. The molecule has 8 heteroatoms. The van der Waals surface area contributed by atoms with Gasteiger partial charge in [-0.2, -0.15) is 0 Å². The Bertz CT molecular complexity index is 761. The van der Waals surface area contributed by atoms with Crippen LogP contribution in [0.2, 0.25) is 0 Å². The first-order chi connectivity index (χ1) is 10.9. The van der Waals surface area contributed by atoms with Crippen LogP contribution in [0.4, 0.5) is 22.7 Å². The number of rotatable bonds is 6. The van der Waals surface area contributed by atoms with Gasteiger partial charge in [-0.15, -0.1) is 0 Å². The highest BCUT2D eigenvalue weighted by atomic mass is 16.6. The Labute approximate surface area is 131 Å². The Balaban J connectivity index is 2.12. The van der Waals surface area contributed by atoms with Crippen molar-refractivity contribution in [3.05, 3.63) is 57.6 Å². The van der Waals surface area contributed by atoms with Crippen LogP contribution in [0, 0.1) is 10.1 Å². The van der Waals surface area contributed by atoms with Crippen LogP contribution in [0.3, 0.4) is 0 Å². The number of benzene rings is 2. The van der Waals surface area contributed by atoms with E-state index in [0.717, 1.165) is 11.6 Å². The maximum atomic E-state index is 11.2. The molecule has 0 bridgehead atoms. The molecule has 0 amide bonds. The van der Waals surface area contributed by atoms with Crippen molar-refractivity contribution in [1.29, 1.82) is 0 Å². The molecule has 0 aliphatic rings. The Morgan fingerprint density at radius 2 is 1.96 bits per heavy atom. The van der Waals surface area contributed by atoms with Crippen molar-refractivity contribution in [1.82, 2.24) is 0 Å². The summed E-state index contributed by atoms with van der Waals surface area (Å²) in [4.78, 5) is 21.3. The summed E-state index contributed by atoms with van der Waals surface area (Å²) in [5.74, 6) is -1.24. The normalized spacial score (nSPS) is 10.3. The zero-order valence-corrected chi connectivity index (χ0v) is 12.2. The molecule has 0 aromatic heterocycles. The van der Waals surface area contributed by atoms with Gasteiger partial charge in [0.05, 0.1) is 10.5 Å². The molecular weight excluding hydrogens is 300 g/mol.